The topological polar surface area (TPSA) is 33.6 Å². The van der Waals surface area contributed by atoms with Crippen LogP contribution in [0.15, 0.2) is 170 Å². The number of halogens is 3. The first-order chi connectivity index (χ1) is 28.2. The molecule has 58 heavy (non-hydrogen) atoms. The van der Waals surface area contributed by atoms with E-state index in [1.54, 1.807) is 18.2 Å². The van der Waals surface area contributed by atoms with Gasteiger partial charge in [0.15, 0.2) is 0 Å². The van der Waals surface area contributed by atoms with Crippen molar-refractivity contribution in [2.75, 3.05) is 0 Å². The third-order valence-corrected chi connectivity index (χ3v) is 11.3. The number of aromatic nitrogens is 2. The van der Waals surface area contributed by atoms with E-state index in [1.165, 1.54) is 12.1 Å². The Morgan fingerprint density at radius 2 is 0.914 bits per heavy atom. The second-order valence-electron chi connectivity index (χ2n) is 14.9. The lowest BCUT2D eigenvalue weighted by Crippen LogP contribution is -2.09. The zero-order valence-electron chi connectivity index (χ0n) is 31.6. The molecule has 0 unspecified atom stereocenters. The highest BCUT2D eigenvalue weighted by Crippen LogP contribution is 2.45. The fourth-order valence-electron chi connectivity index (χ4n) is 8.69. The summed E-state index contributed by atoms with van der Waals surface area (Å²) in [6.07, 6.45) is -4.64. The summed E-state index contributed by atoms with van der Waals surface area (Å²) in [7, 11) is 0. The largest absolute Gasteiger partial charge is 0.417 e. The highest BCUT2D eigenvalue weighted by Gasteiger charge is 2.35. The van der Waals surface area contributed by atoms with Crippen molar-refractivity contribution in [1.82, 2.24) is 9.13 Å². The molecule has 0 amide bonds. The van der Waals surface area contributed by atoms with Crippen LogP contribution >= 0.6 is 0 Å². The van der Waals surface area contributed by atoms with Crippen LogP contribution in [0.3, 0.4) is 0 Å². The number of para-hydroxylation sites is 2. The molecule has 8 aromatic carbocycles. The highest BCUT2D eigenvalue weighted by atomic mass is 19.4. The molecule has 278 valence electrons. The average molecular weight is 758 g/mol. The minimum absolute atomic E-state index is 0.0257. The van der Waals surface area contributed by atoms with E-state index in [-0.39, 0.29) is 5.56 Å². The molecule has 0 fully saturated rings. The molecule has 6 heteroatoms. The number of hydrogen-bond donors (Lipinski definition) is 0. The number of aryl methyl sites for hydroxylation is 2. The number of rotatable bonds is 5. The summed E-state index contributed by atoms with van der Waals surface area (Å²) in [5.74, 6) is 0. The summed E-state index contributed by atoms with van der Waals surface area (Å²) in [6.45, 7) is 4.11. The average Bonchev–Trinajstić information content (AvgIpc) is 3.75. The van der Waals surface area contributed by atoms with Gasteiger partial charge in [0.2, 0.25) is 0 Å². The van der Waals surface area contributed by atoms with Gasteiger partial charge in [0, 0.05) is 27.1 Å². The van der Waals surface area contributed by atoms with Crippen molar-refractivity contribution in [2.24, 2.45) is 0 Å². The number of benzene rings is 8. The van der Waals surface area contributed by atoms with Crippen molar-refractivity contribution in [2.45, 2.75) is 20.0 Å². The van der Waals surface area contributed by atoms with Gasteiger partial charge in [-0.3, -0.25) is 0 Å². The second-order valence-corrected chi connectivity index (χ2v) is 14.9. The molecule has 0 aliphatic rings. The molecular formula is C52H34F3N3. The maximum Gasteiger partial charge on any atom is 0.417 e. The van der Waals surface area contributed by atoms with E-state index in [1.807, 2.05) is 69.8 Å². The molecule has 0 N–H and O–H groups in total. The Hall–Kier alpha value is -7.36. The fourth-order valence-corrected chi connectivity index (χ4v) is 8.69. The molecule has 0 aliphatic carbocycles. The number of fused-ring (bicyclic) bond motifs is 6. The van der Waals surface area contributed by atoms with Gasteiger partial charge in [-0.25, -0.2) is 0 Å². The summed E-state index contributed by atoms with van der Waals surface area (Å²) in [4.78, 5) is 0. The van der Waals surface area contributed by atoms with E-state index in [9.17, 15) is 5.26 Å². The van der Waals surface area contributed by atoms with E-state index in [4.69, 9.17) is 0 Å². The van der Waals surface area contributed by atoms with E-state index in [2.05, 4.69) is 92.7 Å². The third-order valence-electron chi connectivity index (χ3n) is 11.3. The number of hydrogen-bond acceptors (Lipinski definition) is 1. The summed E-state index contributed by atoms with van der Waals surface area (Å²) in [5.41, 5.74) is 10.6. The normalized spacial score (nSPS) is 11.9. The molecule has 0 saturated heterocycles. The number of alkyl halides is 3. The standard InChI is InChI=1S/C52H34F3N3/c1-32-11-9-13-34(25-32)36-21-23-42-40-16-4-7-19-46(40)57(49(42)27-36)48-30-44(39-15-3-6-18-45(39)52(53,54)55)51(29-38(48)31-56)58-47-20-8-5-17-41(47)43-24-22-37(28-50(43)58)35-14-10-12-33(2)26-35/h3-30H,1-2H3. The zero-order chi connectivity index (χ0) is 39.7. The molecule has 2 heterocycles. The van der Waals surface area contributed by atoms with Crippen molar-refractivity contribution < 1.29 is 13.2 Å². The molecule has 10 aromatic rings. The molecule has 0 radical (unpaired) electrons. The van der Waals surface area contributed by atoms with Crippen LogP contribution in [-0.2, 0) is 6.18 Å². The summed E-state index contributed by atoms with van der Waals surface area (Å²) in [5, 5.41) is 14.9. The van der Waals surface area contributed by atoms with Gasteiger partial charge in [0.1, 0.15) is 6.07 Å². The molecule has 3 nitrogen and oxygen atoms in total. The first-order valence-electron chi connectivity index (χ1n) is 19.1. The highest BCUT2D eigenvalue weighted by molar-refractivity contribution is 6.12. The van der Waals surface area contributed by atoms with Crippen LogP contribution < -0.4 is 0 Å². The minimum atomic E-state index is -4.64. The molecule has 0 atom stereocenters. The molecule has 2 aromatic heterocycles. The van der Waals surface area contributed by atoms with Gasteiger partial charge in [-0.1, -0.05) is 139 Å². The Bertz CT molecular complexity index is 3320. The first-order valence-corrected chi connectivity index (χ1v) is 19.1. The number of nitrogens with zero attached hydrogens (tertiary/aromatic N) is 3. The predicted molar refractivity (Wildman–Crippen MR) is 231 cm³/mol. The Balaban J connectivity index is 1.33. The van der Waals surface area contributed by atoms with Crippen molar-refractivity contribution in [3.63, 3.8) is 0 Å². The van der Waals surface area contributed by atoms with Gasteiger partial charge in [-0.2, -0.15) is 18.4 Å². The van der Waals surface area contributed by atoms with Crippen molar-refractivity contribution in [3.8, 4) is 50.8 Å². The maximum atomic E-state index is 15.1. The molecule has 0 spiro atoms. The van der Waals surface area contributed by atoms with Gasteiger partial charge < -0.3 is 9.13 Å². The lowest BCUT2D eigenvalue weighted by Gasteiger charge is -2.21. The third kappa shape index (κ3) is 5.66. The van der Waals surface area contributed by atoms with E-state index < -0.39 is 11.7 Å². The van der Waals surface area contributed by atoms with Gasteiger partial charge in [-0.05, 0) is 84.1 Å². The Labute approximate surface area is 333 Å². The SMILES string of the molecule is Cc1cccc(-c2ccc3c4ccccc4n(-c4cc(-c5ccccc5C(F)(F)F)c(-n5c6ccccc6c6ccc(-c7cccc(C)c7)cc65)cc4C#N)c3c2)c1. The molecule has 0 bridgehead atoms. The molecule has 10 rings (SSSR count). The van der Waals surface area contributed by atoms with Gasteiger partial charge in [0.05, 0.1) is 44.6 Å². The monoisotopic (exact) mass is 757 g/mol. The van der Waals surface area contributed by atoms with E-state index in [0.29, 0.717) is 22.5 Å². The van der Waals surface area contributed by atoms with E-state index >= 15 is 13.2 Å². The van der Waals surface area contributed by atoms with Crippen LogP contribution in [0.25, 0.3) is 88.4 Å². The van der Waals surface area contributed by atoms with Crippen LogP contribution in [0, 0.1) is 25.2 Å². The van der Waals surface area contributed by atoms with Gasteiger partial charge in [-0.15, -0.1) is 0 Å². The lowest BCUT2D eigenvalue weighted by molar-refractivity contribution is -0.137. The van der Waals surface area contributed by atoms with Crippen LogP contribution in [0.5, 0.6) is 0 Å². The zero-order valence-corrected chi connectivity index (χ0v) is 31.6. The van der Waals surface area contributed by atoms with Gasteiger partial charge >= 0.3 is 6.18 Å². The van der Waals surface area contributed by atoms with Crippen molar-refractivity contribution in [1.29, 1.82) is 5.26 Å². The summed E-state index contributed by atoms with van der Waals surface area (Å²) >= 11 is 0. The minimum Gasteiger partial charge on any atom is -0.309 e. The van der Waals surface area contributed by atoms with E-state index in [0.717, 1.165) is 83.1 Å². The molecular weight excluding hydrogens is 724 g/mol. The smallest absolute Gasteiger partial charge is 0.309 e. The fraction of sp³-hybridized carbons (Fsp3) is 0.0577. The van der Waals surface area contributed by atoms with Crippen LogP contribution in [0.2, 0.25) is 0 Å². The van der Waals surface area contributed by atoms with Crippen LogP contribution in [-0.4, -0.2) is 9.13 Å². The first kappa shape index (κ1) is 35.1. The predicted octanol–water partition coefficient (Wildman–Crippen LogP) is 14.4. The Kier molecular flexibility index (Phi) is 8.10. The van der Waals surface area contributed by atoms with Crippen molar-refractivity contribution >= 4 is 43.6 Å². The van der Waals surface area contributed by atoms with Gasteiger partial charge in [0.25, 0.3) is 0 Å². The summed E-state index contributed by atoms with van der Waals surface area (Å²) < 4.78 is 49.3. The second kappa shape index (κ2) is 13.4. The molecule has 0 saturated carbocycles. The quantitative estimate of drug-likeness (QED) is 0.172. The summed E-state index contributed by atoms with van der Waals surface area (Å²) in [6, 6.07) is 56.8. The van der Waals surface area contributed by atoms with Crippen LogP contribution in [0.1, 0.15) is 22.3 Å². The Morgan fingerprint density at radius 1 is 0.431 bits per heavy atom. The Morgan fingerprint density at radius 3 is 1.45 bits per heavy atom. The lowest BCUT2D eigenvalue weighted by atomic mass is 9.95. The maximum absolute atomic E-state index is 15.1. The number of nitriles is 1. The van der Waals surface area contributed by atoms with Crippen molar-refractivity contribution in [3.05, 3.63) is 192 Å². The van der Waals surface area contributed by atoms with Crippen LogP contribution in [0.4, 0.5) is 13.2 Å². The molecule has 0 aliphatic heterocycles.